The molecule has 0 saturated carbocycles. The lowest BCUT2D eigenvalue weighted by atomic mass is 10.0. The van der Waals surface area contributed by atoms with Gasteiger partial charge in [0.05, 0.1) is 12.4 Å². The van der Waals surface area contributed by atoms with E-state index in [1.165, 1.54) is 0 Å². The zero-order valence-corrected chi connectivity index (χ0v) is 16.6. The molecule has 1 fully saturated rings. The van der Waals surface area contributed by atoms with Crippen molar-refractivity contribution < 1.29 is 9.21 Å². The van der Waals surface area contributed by atoms with Gasteiger partial charge in [0.15, 0.2) is 0 Å². The van der Waals surface area contributed by atoms with Gasteiger partial charge < -0.3 is 9.32 Å². The van der Waals surface area contributed by atoms with Gasteiger partial charge in [0.2, 0.25) is 11.8 Å². The maximum Gasteiger partial charge on any atom is 0.244 e. The fraction of sp³-hybridized carbons (Fsp3) is 0.381. The molecule has 1 aromatic carbocycles. The fourth-order valence-corrected chi connectivity index (χ4v) is 3.89. The van der Waals surface area contributed by atoms with Gasteiger partial charge in [-0.2, -0.15) is 5.10 Å². The number of aromatic nitrogens is 3. The van der Waals surface area contributed by atoms with Crippen LogP contribution in [0.3, 0.4) is 0 Å². The minimum absolute atomic E-state index is 0.0439. The van der Waals surface area contributed by atoms with Gasteiger partial charge >= 0.3 is 0 Å². The Labute approximate surface area is 169 Å². The predicted octanol–water partition coefficient (Wildman–Crippen LogP) is 4.18. The van der Waals surface area contributed by atoms with E-state index in [1.807, 2.05) is 42.3 Å². The van der Waals surface area contributed by atoms with Crippen molar-refractivity contribution >= 4 is 17.5 Å². The second-order valence-corrected chi connectivity index (χ2v) is 7.72. The molecule has 0 spiro atoms. The van der Waals surface area contributed by atoms with Crippen molar-refractivity contribution in [2.24, 2.45) is 0 Å². The molecule has 28 heavy (non-hydrogen) atoms. The van der Waals surface area contributed by atoms with Crippen LogP contribution in [0.15, 0.2) is 47.3 Å². The number of carbonyl (C=O) groups is 1. The number of carbonyl (C=O) groups excluding carboxylic acids is 1. The number of piperidine rings is 1. The van der Waals surface area contributed by atoms with Crippen molar-refractivity contribution in [2.75, 3.05) is 6.54 Å². The van der Waals surface area contributed by atoms with Crippen molar-refractivity contribution in [2.45, 2.75) is 45.2 Å². The third-order valence-electron chi connectivity index (χ3n) is 5.01. The number of likely N-dealkylation sites (tertiary alicyclic amines) is 1. The lowest BCUT2D eigenvalue weighted by Gasteiger charge is -2.33. The summed E-state index contributed by atoms with van der Waals surface area (Å²) in [5, 5.41) is 4.93. The van der Waals surface area contributed by atoms with Crippen LogP contribution in [0.1, 0.15) is 48.1 Å². The molecule has 0 bridgehead atoms. The molecule has 1 amide bonds. The average molecular weight is 399 g/mol. The fourth-order valence-electron chi connectivity index (χ4n) is 3.68. The van der Waals surface area contributed by atoms with Crippen LogP contribution < -0.4 is 0 Å². The van der Waals surface area contributed by atoms with Gasteiger partial charge in [-0.1, -0.05) is 23.7 Å². The molecule has 0 aliphatic carbocycles. The second-order valence-electron chi connectivity index (χ2n) is 7.29. The van der Waals surface area contributed by atoms with Gasteiger partial charge in [-0.15, -0.1) is 0 Å². The number of oxazole rings is 1. The summed E-state index contributed by atoms with van der Waals surface area (Å²) in [6.07, 6.45) is 8.94. The topological polar surface area (TPSA) is 64.2 Å². The van der Waals surface area contributed by atoms with Crippen molar-refractivity contribution in [3.05, 3.63) is 70.7 Å². The van der Waals surface area contributed by atoms with Crippen LogP contribution in [0.25, 0.3) is 0 Å². The first kappa shape index (κ1) is 18.7. The first-order valence-corrected chi connectivity index (χ1v) is 9.94. The Kier molecular flexibility index (Phi) is 5.48. The summed E-state index contributed by atoms with van der Waals surface area (Å²) in [6.45, 7) is 2.92. The maximum absolute atomic E-state index is 12.9. The lowest BCUT2D eigenvalue weighted by molar-refractivity contribution is -0.136. The van der Waals surface area contributed by atoms with E-state index in [4.69, 9.17) is 16.0 Å². The minimum atomic E-state index is -0.119. The first-order chi connectivity index (χ1) is 13.6. The zero-order valence-electron chi connectivity index (χ0n) is 15.8. The number of aryl methyl sites for hydroxylation is 1. The highest BCUT2D eigenvalue weighted by molar-refractivity contribution is 6.30. The number of amides is 1. The van der Waals surface area contributed by atoms with E-state index in [-0.39, 0.29) is 18.5 Å². The van der Waals surface area contributed by atoms with Gasteiger partial charge in [-0.05, 0) is 49.4 Å². The Morgan fingerprint density at radius 2 is 2.21 bits per heavy atom. The van der Waals surface area contributed by atoms with Crippen molar-refractivity contribution in [1.29, 1.82) is 0 Å². The van der Waals surface area contributed by atoms with Crippen molar-refractivity contribution in [3.8, 4) is 0 Å². The highest BCUT2D eigenvalue weighted by Crippen LogP contribution is 2.31. The lowest BCUT2D eigenvalue weighted by Crippen LogP contribution is -2.40. The van der Waals surface area contributed by atoms with E-state index >= 15 is 0 Å². The summed E-state index contributed by atoms with van der Waals surface area (Å²) < 4.78 is 7.72. The quantitative estimate of drug-likeness (QED) is 0.646. The van der Waals surface area contributed by atoms with Gasteiger partial charge in [-0.25, -0.2) is 4.98 Å². The van der Waals surface area contributed by atoms with Crippen LogP contribution >= 0.6 is 11.6 Å². The van der Waals surface area contributed by atoms with E-state index in [0.29, 0.717) is 17.3 Å². The molecule has 0 N–H and O–H groups in total. The van der Waals surface area contributed by atoms with Crippen LogP contribution in [0.2, 0.25) is 5.02 Å². The van der Waals surface area contributed by atoms with Gasteiger partial charge in [-0.3, -0.25) is 9.48 Å². The van der Waals surface area contributed by atoms with Crippen molar-refractivity contribution in [1.82, 2.24) is 19.7 Å². The highest BCUT2D eigenvalue weighted by atomic mass is 35.5. The molecule has 3 aromatic rings. The number of hydrogen-bond acceptors (Lipinski definition) is 4. The summed E-state index contributed by atoms with van der Waals surface area (Å²) in [5.74, 6) is 1.43. The average Bonchev–Trinajstić information content (AvgIpc) is 3.31. The van der Waals surface area contributed by atoms with E-state index in [9.17, 15) is 4.79 Å². The molecule has 7 heteroatoms. The number of rotatable bonds is 5. The Balaban J connectivity index is 1.48. The molecule has 0 radical (unpaired) electrons. The Morgan fingerprint density at radius 1 is 1.32 bits per heavy atom. The number of nitrogens with zero attached hydrogens (tertiary/aromatic N) is 4. The largest absolute Gasteiger partial charge is 0.443 e. The van der Waals surface area contributed by atoms with Crippen LogP contribution in [0, 0.1) is 6.92 Å². The molecule has 2 aromatic heterocycles. The van der Waals surface area contributed by atoms with Gasteiger partial charge in [0.25, 0.3) is 0 Å². The summed E-state index contributed by atoms with van der Waals surface area (Å²) in [4.78, 5) is 19.2. The molecule has 4 rings (SSSR count). The number of benzene rings is 1. The monoisotopic (exact) mass is 398 g/mol. The standard InChI is InChI=1S/C21H23ClN4O2/c1-15-11-24-25(13-15)14-20(27)26-8-3-2-7-19(26)21-23-12-18(28-21)10-16-5-4-6-17(22)9-16/h4-6,9,11-13,19H,2-3,7-8,10,14H2,1H3/t19-/m1/s1. The van der Waals surface area contributed by atoms with Crippen LogP contribution in [0.5, 0.6) is 0 Å². The molecule has 6 nitrogen and oxygen atoms in total. The maximum atomic E-state index is 12.9. The summed E-state index contributed by atoms with van der Waals surface area (Å²) in [5.41, 5.74) is 2.11. The van der Waals surface area contributed by atoms with E-state index < -0.39 is 0 Å². The molecular weight excluding hydrogens is 376 g/mol. The zero-order chi connectivity index (χ0) is 19.5. The van der Waals surface area contributed by atoms with Crippen LogP contribution in [0.4, 0.5) is 0 Å². The normalized spacial score (nSPS) is 17.1. The number of halogens is 1. The summed E-state index contributed by atoms with van der Waals surface area (Å²) in [6, 6.07) is 7.59. The number of hydrogen-bond donors (Lipinski definition) is 0. The Hall–Kier alpha value is -2.60. The smallest absolute Gasteiger partial charge is 0.244 e. The second kappa shape index (κ2) is 8.19. The molecule has 1 aliphatic rings. The van der Waals surface area contributed by atoms with Crippen LogP contribution in [-0.4, -0.2) is 32.1 Å². The van der Waals surface area contributed by atoms with Crippen LogP contribution in [-0.2, 0) is 17.8 Å². The molecular formula is C21H23ClN4O2. The van der Waals surface area contributed by atoms with Gasteiger partial charge in [0, 0.05) is 24.2 Å². The van der Waals surface area contributed by atoms with E-state index in [2.05, 4.69) is 10.1 Å². The molecule has 1 aliphatic heterocycles. The highest BCUT2D eigenvalue weighted by Gasteiger charge is 2.31. The molecule has 0 unspecified atom stereocenters. The van der Waals surface area contributed by atoms with E-state index in [0.717, 1.165) is 42.7 Å². The molecule has 1 atom stereocenters. The predicted molar refractivity (Wildman–Crippen MR) is 106 cm³/mol. The Bertz CT molecular complexity index is 965. The minimum Gasteiger partial charge on any atom is -0.443 e. The van der Waals surface area contributed by atoms with Crippen molar-refractivity contribution in [3.63, 3.8) is 0 Å². The molecule has 146 valence electrons. The Morgan fingerprint density at radius 3 is 3.00 bits per heavy atom. The van der Waals surface area contributed by atoms with E-state index in [1.54, 1.807) is 17.1 Å². The third-order valence-corrected chi connectivity index (χ3v) is 5.24. The summed E-state index contributed by atoms with van der Waals surface area (Å²) in [7, 11) is 0. The van der Waals surface area contributed by atoms with Gasteiger partial charge in [0.1, 0.15) is 18.3 Å². The summed E-state index contributed by atoms with van der Waals surface area (Å²) >= 11 is 6.06. The third kappa shape index (κ3) is 4.28. The SMILES string of the molecule is Cc1cnn(CC(=O)N2CCCC[C@@H]2c2ncc(Cc3cccc(Cl)c3)o2)c1. The molecule has 3 heterocycles. The molecule has 1 saturated heterocycles. The first-order valence-electron chi connectivity index (χ1n) is 9.56.